The first-order valence-corrected chi connectivity index (χ1v) is 5.17. The van der Waals surface area contributed by atoms with Crippen molar-refractivity contribution in [1.29, 1.82) is 5.26 Å². The van der Waals surface area contributed by atoms with Crippen molar-refractivity contribution >= 4 is 11.6 Å². The first kappa shape index (κ1) is 12.2. The molecular formula is C12H13FN2O. The first-order chi connectivity index (χ1) is 7.67. The van der Waals surface area contributed by atoms with Crippen molar-refractivity contribution in [2.75, 3.05) is 5.32 Å². The van der Waals surface area contributed by atoms with Crippen LogP contribution in [0.3, 0.4) is 0 Å². The molecule has 1 amide bonds. The molecule has 0 radical (unpaired) electrons. The van der Waals surface area contributed by atoms with Gasteiger partial charge in [0.15, 0.2) is 0 Å². The maximum atomic E-state index is 13.4. The molecule has 1 aromatic rings. The highest BCUT2D eigenvalue weighted by Gasteiger charge is 2.07. The van der Waals surface area contributed by atoms with Crippen LogP contribution in [0.1, 0.15) is 31.7 Å². The Morgan fingerprint density at radius 2 is 2.31 bits per heavy atom. The number of amides is 1. The molecule has 0 saturated carbocycles. The number of anilines is 1. The Balaban J connectivity index is 2.68. The predicted octanol–water partition coefficient (Wildman–Crippen LogP) is 2.83. The number of rotatable bonds is 4. The molecule has 0 aliphatic rings. The van der Waals surface area contributed by atoms with Crippen LogP contribution in [-0.2, 0) is 4.79 Å². The third kappa shape index (κ3) is 3.35. The molecule has 3 nitrogen and oxygen atoms in total. The van der Waals surface area contributed by atoms with E-state index in [2.05, 4.69) is 5.32 Å². The van der Waals surface area contributed by atoms with Crippen molar-refractivity contribution in [2.24, 2.45) is 0 Å². The van der Waals surface area contributed by atoms with Crippen molar-refractivity contribution in [3.8, 4) is 6.07 Å². The number of carbonyl (C=O) groups is 1. The third-order valence-corrected chi connectivity index (χ3v) is 2.13. The molecule has 0 fully saturated rings. The molecule has 4 heteroatoms. The van der Waals surface area contributed by atoms with Crippen LogP contribution in [0.15, 0.2) is 18.2 Å². The lowest BCUT2D eigenvalue weighted by molar-refractivity contribution is -0.116. The largest absolute Gasteiger partial charge is 0.324 e. The normalized spacial score (nSPS) is 9.56. The summed E-state index contributed by atoms with van der Waals surface area (Å²) in [5.74, 6) is -0.783. The molecule has 0 saturated heterocycles. The average Bonchev–Trinajstić information content (AvgIpc) is 2.29. The number of carbonyl (C=O) groups excluding carboxylic acids is 1. The number of nitrogens with one attached hydrogen (secondary N) is 1. The van der Waals surface area contributed by atoms with E-state index in [-0.39, 0.29) is 17.2 Å². The van der Waals surface area contributed by atoms with Gasteiger partial charge in [-0.3, -0.25) is 4.79 Å². The summed E-state index contributed by atoms with van der Waals surface area (Å²) in [6.07, 6.45) is 2.09. The summed E-state index contributed by atoms with van der Waals surface area (Å²) < 4.78 is 13.4. The molecule has 0 bridgehead atoms. The van der Waals surface area contributed by atoms with Gasteiger partial charge in [-0.1, -0.05) is 13.3 Å². The van der Waals surface area contributed by atoms with E-state index in [1.165, 1.54) is 12.1 Å². The molecule has 0 aliphatic heterocycles. The molecule has 0 atom stereocenters. The number of hydrogen-bond donors (Lipinski definition) is 1. The third-order valence-electron chi connectivity index (χ3n) is 2.13. The van der Waals surface area contributed by atoms with Gasteiger partial charge in [0.1, 0.15) is 5.82 Å². The predicted molar refractivity (Wildman–Crippen MR) is 59.3 cm³/mol. The van der Waals surface area contributed by atoms with Crippen LogP contribution in [0.25, 0.3) is 0 Å². The highest BCUT2D eigenvalue weighted by Crippen LogP contribution is 2.15. The summed E-state index contributed by atoms with van der Waals surface area (Å²) in [5.41, 5.74) is 0.365. The van der Waals surface area contributed by atoms with E-state index in [0.717, 1.165) is 18.9 Å². The molecule has 0 unspecified atom stereocenters. The number of halogens is 1. The summed E-state index contributed by atoms with van der Waals surface area (Å²) >= 11 is 0. The van der Waals surface area contributed by atoms with Crippen molar-refractivity contribution < 1.29 is 9.18 Å². The summed E-state index contributed by atoms with van der Waals surface area (Å²) in [5, 5.41) is 11.0. The lowest BCUT2D eigenvalue weighted by Crippen LogP contribution is -2.12. The second-order valence-corrected chi connectivity index (χ2v) is 3.46. The van der Waals surface area contributed by atoms with Crippen LogP contribution in [0, 0.1) is 17.1 Å². The molecule has 0 heterocycles. The van der Waals surface area contributed by atoms with E-state index in [1.54, 1.807) is 0 Å². The van der Waals surface area contributed by atoms with Gasteiger partial charge in [0, 0.05) is 6.42 Å². The number of benzene rings is 1. The van der Waals surface area contributed by atoms with Crippen molar-refractivity contribution in [3.63, 3.8) is 0 Å². The van der Waals surface area contributed by atoms with Gasteiger partial charge in [-0.2, -0.15) is 5.26 Å². The van der Waals surface area contributed by atoms with Crippen molar-refractivity contribution in [1.82, 2.24) is 0 Å². The Kier molecular flexibility index (Phi) is 4.46. The van der Waals surface area contributed by atoms with Gasteiger partial charge in [0.25, 0.3) is 0 Å². The first-order valence-electron chi connectivity index (χ1n) is 5.17. The Morgan fingerprint density at radius 3 is 2.88 bits per heavy atom. The number of hydrogen-bond acceptors (Lipinski definition) is 2. The number of nitrogens with zero attached hydrogens (tertiary/aromatic N) is 1. The molecule has 1 N–H and O–H groups in total. The highest BCUT2D eigenvalue weighted by atomic mass is 19.1. The SMILES string of the molecule is CCCCC(=O)Nc1ccc(C#N)cc1F. The van der Waals surface area contributed by atoms with Gasteiger partial charge < -0.3 is 5.32 Å². The van der Waals surface area contributed by atoms with Crippen LogP contribution in [0.4, 0.5) is 10.1 Å². The summed E-state index contributed by atoms with van der Waals surface area (Å²) in [4.78, 5) is 11.3. The fourth-order valence-electron chi connectivity index (χ4n) is 1.24. The number of unbranched alkanes of at least 4 members (excludes halogenated alkanes) is 1. The summed E-state index contributed by atoms with van der Waals surface area (Å²) in [6, 6.07) is 5.81. The van der Waals surface area contributed by atoms with E-state index in [0.29, 0.717) is 6.42 Å². The zero-order chi connectivity index (χ0) is 12.0. The number of nitriles is 1. The van der Waals surface area contributed by atoms with Crippen molar-refractivity contribution in [2.45, 2.75) is 26.2 Å². The molecule has 1 rings (SSSR count). The highest BCUT2D eigenvalue weighted by molar-refractivity contribution is 5.90. The Morgan fingerprint density at radius 1 is 1.56 bits per heavy atom. The fraction of sp³-hybridized carbons (Fsp3) is 0.333. The zero-order valence-electron chi connectivity index (χ0n) is 9.09. The average molecular weight is 220 g/mol. The van der Waals surface area contributed by atoms with Gasteiger partial charge in [-0.15, -0.1) is 0 Å². The quantitative estimate of drug-likeness (QED) is 0.848. The molecule has 0 aliphatic carbocycles. The lowest BCUT2D eigenvalue weighted by atomic mass is 10.2. The van der Waals surface area contributed by atoms with Crippen molar-refractivity contribution in [3.05, 3.63) is 29.6 Å². The summed E-state index contributed by atoms with van der Waals surface area (Å²) in [6.45, 7) is 1.98. The van der Waals surface area contributed by atoms with Crippen LogP contribution < -0.4 is 5.32 Å². The van der Waals surface area contributed by atoms with Gasteiger partial charge in [-0.05, 0) is 24.6 Å². The minimum absolute atomic E-state index is 0.125. The molecule has 16 heavy (non-hydrogen) atoms. The van der Waals surface area contributed by atoms with Gasteiger partial charge >= 0.3 is 0 Å². The minimum atomic E-state index is -0.580. The maximum Gasteiger partial charge on any atom is 0.224 e. The van der Waals surface area contributed by atoms with Crippen LogP contribution in [0.2, 0.25) is 0 Å². The Hall–Kier alpha value is -1.89. The molecule has 1 aromatic carbocycles. The zero-order valence-corrected chi connectivity index (χ0v) is 9.09. The van der Waals surface area contributed by atoms with Crippen LogP contribution in [-0.4, -0.2) is 5.91 Å². The second kappa shape index (κ2) is 5.86. The summed E-state index contributed by atoms with van der Waals surface area (Å²) in [7, 11) is 0. The van der Waals surface area contributed by atoms with E-state index in [9.17, 15) is 9.18 Å². The standard InChI is InChI=1S/C12H13FN2O/c1-2-3-4-12(16)15-11-6-5-9(8-14)7-10(11)13/h5-7H,2-4H2,1H3,(H,15,16). The van der Waals surface area contributed by atoms with Crippen LogP contribution >= 0.6 is 0 Å². The molecule has 0 spiro atoms. The van der Waals surface area contributed by atoms with Gasteiger partial charge in [-0.25, -0.2) is 4.39 Å². The van der Waals surface area contributed by atoms with E-state index >= 15 is 0 Å². The lowest BCUT2D eigenvalue weighted by Gasteiger charge is -2.05. The Bertz CT molecular complexity index is 424. The van der Waals surface area contributed by atoms with Gasteiger partial charge in [0.05, 0.1) is 17.3 Å². The maximum absolute atomic E-state index is 13.4. The fourth-order valence-corrected chi connectivity index (χ4v) is 1.24. The molecule has 0 aromatic heterocycles. The molecular weight excluding hydrogens is 207 g/mol. The monoisotopic (exact) mass is 220 g/mol. The second-order valence-electron chi connectivity index (χ2n) is 3.46. The topological polar surface area (TPSA) is 52.9 Å². The molecule has 84 valence electrons. The smallest absolute Gasteiger partial charge is 0.224 e. The van der Waals surface area contributed by atoms with Crippen LogP contribution in [0.5, 0.6) is 0 Å². The van der Waals surface area contributed by atoms with E-state index in [1.807, 2.05) is 13.0 Å². The minimum Gasteiger partial charge on any atom is -0.324 e. The Labute approximate surface area is 93.9 Å². The van der Waals surface area contributed by atoms with E-state index in [4.69, 9.17) is 5.26 Å². The van der Waals surface area contributed by atoms with E-state index < -0.39 is 5.82 Å². The van der Waals surface area contributed by atoms with Gasteiger partial charge in [0.2, 0.25) is 5.91 Å².